The van der Waals surface area contributed by atoms with Crippen molar-refractivity contribution < 1.29 is 27.9 Å². The number of halogens is 3. The maximum atomic E-state index is 12.6. The van der Waals surface area contributed by atoms with Gasteiger partial charge in [-0.1, -0.05) is 0 Å². The first kappa shape index (κ1) is 14.7. The normalized spacial score (nSPS) is 12.2. The van der Waals surface area contributed by atoms with Crippen molar-refractivity contribution in [3.05, 3.63) is 0 Å². The van der Waals surface area contributed by atoms with Crippen LogP contribution in [0.15, 0.2) is 0 Å². The summed E-state index contributed by atoms with van der Waals surface area (Å²) in [5.74, 6) is -3.45. The van der Waals surface area contributed by atoms with Gasteiger partial charge in [0.1, 0.15) is 0 Å². The summed E-state index contributed by atoms with van der Waals surface area (Å²) in [6.45, 7) is 0. The molecule has 0 fully saturated rings. The first-order valence-electron chi connectivity index (χ1n) is 4.18. The van der Waals surface area contributed by atoms with E-state index < -0.39 is 23.6 Å². The van der Waals surface area contributed by atoms with Crippen LogP contribution in [0.5, 0.6) is 0 Å². The summed E-state index contributed by atoms with van der Waals surface area (Å²) in [7, 11) is 4.06. The van der Waals surface area contributed by atoms with Crippen molar-refractivity contribution in [1.82, 2.24) is 9.80 Å². The van der Waals surface area contributed by atoms with Gasteiger partial charge in [-0.15, -0.1) is 0 Å². The molecule has 2 amide bonds. The highest BCUT2D eigenvalue weighted by atomic mass is 19.4. The highest BCUT2D eigenvalue weighted by Crippen LogP contribution is 2.33. The van der Waals surface area contributed by atoms with Crippen LogP contribution in [0.25, 0.3) is 0 Å². The second kappa shape index (κ2) is 4.28. The standard InChI is InChI=1S/C8H13F3N2O3/c1-12(2)5(14)7(16,8(9,10)11)6(15)13(3)4/h16H,1-4H3. The topological polar surface area (TPSA) is 60.9 Å². The zero-order valence-corrected chi connectivity index (χ0v) is 9.29. The molecule has 16 heavy (non-hydrogen) atoms. The van der Waals surface area contributed by atoms with Gasteiger partial charge in [-0.3, -0.25) is 9.59 Å². The summed E-state index contributed by atoms with van der Waals surface area (Å²) in [5.41, 5.74) is -4.03. The van der Waals surface area contributed by atoms with Gasteiger partial charge in [0.2, 0.25) is 0 Å². The average Bonchev–Trinajstić information content (AvgIpc) is 2.11. The molecule has 0 aromatic heterocycles. The first-order chi connectivity index (χ1) is 6.96. The quantitative estimate of drug-likeness (QED) is 0.661. The summed E-state index contributed by atoms with van der Waals surface area (Å²) < 4.78 is 37.7. The van der Waals surface area contributed by atoms with Gasteiger partial charge in [0, 0.05) is 28.2 Å². The van der Waals surface area contributed by atoms with Crippen LogP contribution in [-0.4, -0.2) is 66.7 Å². The lowest BCUT2D eigenvalue weighted by molar-refractivity contribution is -0.251. The van der Waals surface area contributed by atoms with Crippen LogP contribution in [0.3, 0.4) is 0 Å². The van der Waals surface area contributed by atoms with Crippen LogP contribution >= 0.6 is 0 Å². The fourth-order valence-electron chi connectivity index (χ4n) is 0.981. The Kier molecular flexibility index (Phi) is 3.93. The molecule has 0 atom stereocenters. The Labute approximate surface area is 90.4 Å². The third kappa shape index (κ3) is 2.26. The van der Waals surface area contributed by atoms with Crippen molar-refractivity contribution in [2.45, 2.75) is 11.8 Å². The van der Waals surface area contributed by atoms with Crippen LogP contribution in [0.2, 0.25) is 0 Å². The molecule has 0 unspecified atom stereocenters. The van der Waals surface area contributed by atoms with Crippen LogP contribution in [0.1, 0.15) is 0 Å². The van der Waals surface area contributed by atoms with E-state index in [-0.39, 0.29) is 0 Å². The largest absolute Gasteiger partial charge is 0.435 e. The minimum absolute atomic E-state index is 0.509. The van der Waals surface area contributed by atoms with Crippen molar-refractivity contribution >= 4 is 11.8 Å². The van der Waals surface area contributed by atoms with E-state index in [0.29, 0.717) is 9.80 Å². The third-order valence-corrected chi connectivity index (χ3v) is 1.84. The average molecular weight is 242 g/mol. The number of likely N-dealkylation sites (N-methyl/N-ethyl adjacent to an activating group) is 2. The minimum Gasteiger partial charge on any atom is -0.365 e. The van der Waals surface area contributed by atoms with E-state index in [0.717, 1.165) is 28.2 Å². The molecule has 0 aromatic carbocycles. The summed E-state index contributed by atoms with van der Waals surface area (Å²) in [5, 5.41) is 9.32. The predicted molar refractivity (Wildman–Crippen MR) is 48.4 cm³/mol. The van der Waals surface area contributed by atoms with Crippen LogP contribution in [-0.2, 0) is 9.59 Å². The molecule has 0 aliphatic rings. The Bertz CT molecular complexity index is 279. The Hall–Kier alpha value is -1.31. The van der Waals surface area contributed by atoms with E-state index in [1.807, 2.05) is 0 Å². The summed E-state index contributed by atoms with van der Waals surface area (Å²) in [6, 6.07) is 0. The summed E-state index contributed by atoms with van der Waals surface area (Å²) in [4.78, 5) is 23.5. The van der Waals surface area contributed by atoms with Gasteiger partial charge in [-0.25, -0.2) is 0 Å². The van der Waals surface area contributed by atoms with Gasteiger partial charge < -0.3 is 14.9 Å². The number of carbonyl (C=O) groups excluding carboxylic acids is 2. The zero-order chi connectivity index (χ0) is 13.3. The van der Waals surface area contributed by atoms with Gasteiger partial charge in [0.05, 0.1) is 0 Å². The van der Waals surface area contributed by atoms with Gasteiger partial charge in [0.15, 0.2) is 0 Å². The van der Waals surface area contributed by atoms with E-state index in [1.165, 1.54) is 0 Å². The van der Waals surface area contributed by atoms with E-state index >= 15 is 0 Å². The Morgan fingerprint density at radius 2 is 1.19 bits per heavy atom. The number of nitrogens with zero attached hydrogens (tertiary/aromatic N) is 2. The van der Waals surface area contributed by atoms with Gasteiger partial charge in [-0.2, -0.15) is 13.2 Å². The lowest BCUT2D eigenvalue weighted by Crippen LogP contribution is -2.64. The van der Waals surface area contributed by atoms with Crippen LogP contribution < -0.4 is 0 Å². The summed E-state index contributed by atoms with van der Waals surface area (Å²) in [6.07, 6.45) is -5.37. The molecule has 0 saturated heterocycles. The molecule has 5 nitrogen and oxygen atoms in total. The minimum atomic E-state index is -5.37. The number of aliphatic hydroxyl groups is 1. The van der Waals surface area contributed by atoms with Crippen molar-refractivity contribution in [3.8, 4) is 0 Å². The lowest BCUT2D eigenvalue weighted by Gasteiger charge is -2.31. The molecule has 0 saturated carbocycles. The number of amides is 2. The Morgan fingerprint density at radius 1 is 0.938 bits per heavy atom. The van der Waals surface area contributed by atoms with E-state index in [1.54, 1.807) is 0 Å². The van der Waals surface area contributed by atoms with Crippen molar-refractivity contribution in [3.63, 3.8) is 0 Å². The SMILES string of the molecule is CN(C)C(=O)C(O)(C(=O)N(C)C)C(F)(F)F. The number of carbonyl (C=O) groups is 2. The van der Waals surface area contributed by atoms with Crippen LogP contribution in [0, 0.1) is 0 Å². The zero-order valence-electron chi connectivity index (χ0n) is 9.29. The molecule has 0 bridgehead atoms. The van der Waals surface area contributed by atoms with Crippen molar-refractivity contribution in [2.24, 2.45) is 0 Å². The van der Waals surface area contributed by atoms with Crippen molar-refractivity contribution in [1.29, 1.82) is 0 Å². The molecule has 0 spiro atoms. The molecule has 0 heterocycles. The maximum Gasteiger partial charge on any atom is 0.435 e. The van der Waals surface area contributed by atoms with Gasteiger partial charge >= 0.3 is 11.8 Å². The molecule has 1 N–H and O–H groups in total. The molecule has 8 heteroatoms. The molecular formula is C8H13F3N2O3. The van der Waals surface area contributed by atoms with E-state index in [9.17, 15) is 27.9 Å². The van der Waals surface area contributed by atoms with Crippen LogP contribution in [0.4, 0.5) is 13.2 Å². The highest BCUT2D eigenvalue weighted by molar-refractivity contribution is 6.08. The Balaban J connectivity index is 5.56. The monoisotopic (exact) mass is 242 g/mol. The number of hydrogen-bond acceptors (Lipinski definition) is 3. The molecule has 0 radical (unpaired) electrons. The van der Waals surface area contributed by atoms with Gasteiger partial charge in [-0.05, 0) is 0 Å². The fourth-order valence-corrected chi connectivity index (χ4v) is 0.981. The maximum absolute atomic E-state index is 12.6. The first-order valence-corrected chi connectivity index (χ1v) is 4.18. The predicted octanol–water partition coefficient (Wildman–Crippen LogP) is -0.544. The molecule has 0 aliphatic heterocycles. The smallest absolute Gasteiger partial charge is 0.365 e. The highest BCUT2D eigenvalue weighted by Gasteiger charge is 2.66. The molecule has 0 aliphatic carbocycles. The number of hydrogen-bond donors (Lipinski definition) is 1. The van der Waals surface area contributed by atoms with E-state index in [4.69, 9.17) is 0 Å². The molecule has 94 valence electrons. The van der Waals surface area contributed by atoms with E-state index in [2.05, 4.69) is 0 Å². The number of rotatable bonds is 2. The number of alkyl halides is 3. The molecule has 0 aromatic rings. The third-order valence-electron chi connectivity index (χ3n) is 1.84. The molecule has 0 rings (SSSR count). The Morgan fingerprint density at radius 3 is 1.31 bits per heavy atom. The van der Waals surface area contributed by atoms with Crippen molar-refractivity contribution in [2.75, 3.05) is 28.2 Å². The second-order valence-corrected chi connectivity index (χ2v) is 3.61. The lowest BCUT2D eigenvalue weighted by atomic mass is 10.00. The second-order valence-electron chi connectivity index (χ2n) is 3.61. The molecular weight excluding hydrogens is 229 g/mol. The summed E-state index contributed by atoms with van der Waals surface area (Å²) >= 11 is 0. The fraction of sp³-hybridized carbons (Fsp3) is 0.750. The van der Waals surface area contributed by atoms with Gasteiger partial charge in [0.25, 0.3) is 11.8 Å².